The summed E-state index contributed by atoms with van der Waals surface area (Å²) in [5, 5.41) is 0. The Labute approximate surface area is 239 Å². The highest BCUT2D eigenvalue weighted by Gasteiger charge is 2.27. The molecule has 212 valence electrons. The van der Waals surface area contributed by atoms with E-state index in [9.17, 15) is 0 Å². The summed E-state index contributed by atoms with van der Waals surface area (Å²) in [6.45, 7) is 5.03. The Morgan fingerprint density at radius 3 is 2.02 bits per heavy atom. The minimum Gasteiger partial charge on any atom is -0.465 e. The third-order valence-corrected chi connectivity index (χ3v) is 8.24. The second-order valence-electron chi connectivity index (χ2n) is 10.7. The molecule has 40 heavy (non-hydrogen) atoms. The van der Waals surface area contributed by atoms with Gasteiger partial charge in [-0.05, 0) is 84.2 Å². The number of hydrogen-bond acceptors (Lipinski definition) is 5. The van der Waals surface area contributed by atoms with Crippen LogP contribution in [0.3, 0.4) is 0 Å². The average Bonchev–Trinajstić information content (AvgIpc) is 3.02. The first-order chi connectivity index (χ1) is 19.7. The largest absolute Gasteiger partial charge is 0.465 e. The molecular formula is C35H43NO4. The maximum absolute atomic E-state index is 6.13. The van der Waals surface area contributed by atoms with Gasteiger partial charge in [0.15, 0.2) is 12.6 Å². The molecule has 0 radical (unpaired) electrons. The van der Waals surface area contributed by atoms with E-state index < -0.39 is 0 Å². The summed E-state index contributed by atoms with van der Waals surface area (Å²) < 4.78 is 22.9. The first-order valence-corrected chi connectivity index (χ1v) is 14.8. The Morgan fingerprint density at radius 2 is 1.45 bits per heavy atom. The molecule has 0 spiro atoms. The van der Waals surface area contributed by atoms with Crippen LogP contribution in [0.4, 0.5) is 5.69 Å². The molecule has 0 saturated carbocycles. The van der Waals surface area contributed by atoms with E-state index >= 15 is 0 Å². The van der Waals surface area contributed by atoms with E-state index in [1.165, 1.54) is 33.5 Å². The fourth-order valence-corrected chi connectivity index (χ4v) is 6.09. The van der Waals surface area contributed by atoms with Gasteiger partial charge in [0, 0.05) is 45.3 Å². The van der Waals surface area contributed by atoms with Crippen molar-refractivity contribution in [2.24, 2.45) is 5.92 Å². The third-order valence-electron chi connectivity index (χ3n) is 8.24. The van der Waals surface area contributed by atoms with Crippen LogP contribution in [0.15, 0.2) is 78.9 Å². The maximum atomic E-state index is 6.13. The molecular weight excluding hydrogens is 498 g/mol. The monoisotopic (exact) mass is 541 g/mol. The SMILES string of the molecule is CCC(=C(c1ccc(O[C@H]2CCCCO2)cc1)c1ccc(N2CCC(C(OC)OC)CC2)cc1)c1ccccc1. The van der Waals surface area contributed by atoms with Gasteiger partial charge in [0.25, 0.3) is 0 Å². The molecule has 0 amide bonds. The van der Waals surface area contributed by atoms with E-state index in [0.29, 0.717) is 5.92 Å². The van der Waals surface area contributed by atoms with Crippen molar-refractivity contribution in [2.45, 2.75) is 58.0 Å². The van der Waals surface area contributed by atoms with Crippen LogP contribution < -0.4 is 9.64 Å². The second-order valence-corrected chi connectivity index (χ2v) is 10.7. The van der Waals surface area contributed by atoms with E-state index in [1.54, 1.807) is 14.2 Å². The zero-order chi connectivity index (χ0) is 27.7. The van der Waals surface area contributed by atoms with Crippen LogP contribution in [0.2, 0.25) is 0 Å². The minimum absolute atomic E-state index is 0.116. The molecule has 2 heterocycles. The van der Waals surface area contributed by atoms with Crippen LogP contribution in [-0.2, 0) is 14.2 Å². The molecule has 0 bridgehead atoms. The molecule has 0 aliphatic carbocycles. The van der Waals surface area contributed by atoms with E-state index in [4.69, 9.17) is 18.9 Å². The maximum Gasteiger partial charge on any atom is 0.199 e. The van der Waals surface area contributed by atoms with Gasteiger partial charge < -0.3 is 23.8 Å². The highest BCUT2D eigenvalue weighted by Crippen LogP contribution is 2.36. The van der Waals surface area contributed by atoms with Crippen molar-refractivity contribution in [3.63, 3.8) is 0 Å². The Bertz CT molecular complexity index is 1200. The molecule has 0 aromatic heterocycles. The number of anilines is 1. The molecule has 5 nitrogen and oxygen atoms in total. The van der Waals surface area contributed by atoms with Crippen LogP contribution in [0, 0.1) is 5.92 Å². The zero-order valence-electron chi connectivity index (χ0n) is 24.2. The van der Waals surface area contributed by atoms with Crippen LogP contribution in [0.5, 0.6) is 5.75 Å². The molecule has 2 fully saturated rings. The Hall–Kier alpha value is -3.12. The van der Waals surface area contributed by atoms with Crippen molar-refractivity contribution in [3.05, 3.63) is 95.6 Å². The Morgan fingerprint density at radius 1 is 0.800 bits per heavy atom. The molecule has 3 aromatic carbocycles. The summed E-state index contributed by atoms with van der Waals surface area (Å²) in [5.74, 6) is 1.30. The lowest BCUT2D eigenvalue weighted by molar-refractivity contribution is -0.141. The molecule has 5 heteroatoms. The van der Waals surface area contributed by atoms with Gasteiger partial charge in [-0.25, -0.2) is 0 Å². The van der Waals surface area contributed by atoms with Gasteiger partial charge in [-0.15, -0.1) is 0 Å². The summed E-state index contributed by atoms with van der Waals surface area (Å²) in [6.07, 6.45) is 6.02. The molecule has 3 aromatic rings. The quantitative estimate of drug-likeness (QED) is 0.193. The van der Waals surface area contributed by atoms with Gasteiger partial charge in [-0.1, -0.05) is 61.5 Å². The topological polar surface area (TPSA) is 40.2 Å². The lowest BCUT2D eigenvalue weighted by atomic mass is 9.88. The van der Waals surface area contributed by atoms with Gasteiger partial charge in [0.2, 0.25) is 0 Å². The van der Waals surface area contributed by atoms with Crippen LogP contribution in [0.25, 0.3) is 11.1 Å². The average molecular weight is 542 g/mol. The predicted molar refractivity (Wildman–Crippen MR) is 162 cm³/mol. The summed E-state index contributed by atoms with van der Waals surface area (Å²) in [7, 11) is 3.46. The number of benzene rings is 3. The van der Waals surface area contributed by atoms with E-state index in [1.807, 2.05) is 0 Å². The summed E-state index contributed by atoms with van der Waals surface area (Å²) in [4.78, 5) is 2.48. The molecule has 2 aliphatic rings. The molecule has 2 saturated heterocycles. The van der Waals surface area contributed by atoms with E-state index in [-0.39, 0.29) is 12.6 Å². The van der Waals surface area contributed by atoms with Crippen molar-refractivity contribution < 1.29 is 18.9 Å². The van der Waals surface area contributed by atoms with Gasteiger partial charge in [0.1, 0.15) is 5.75 Å². The van der Waals surface area contributed by atoms with Crippen LogP contribution in [-0.4, -0.2) is 46.5 Å². The highest BCUT2D eigenvalue weighted by atomic mass is 16.7. The van der Waals surface area contributed by atoms with Crippen molar-refractivity contribution in [1.82, 2.24) is 0 Å². The lowest BCUT2D eigenvalue weighted by Gasteiger charge is -2.36. The number of methoxy groups -OCH3 is 2. The first kappa shape index (κ1) is 28.4. The molecule has 0 N–H and O–H groups in total. The van der Waals surface area contributed by atoms with Crippen LogP contribution >= 0.6 is 0 Å². The van der Waals surface area contributed by atoms with Crippen LogP contribution in [0.1, 0.15) is 62.1 Å². The number of rotatable bonds is 10. The van der Waals surface area contributed by atoms with E-state index in [0.717, 1.165) is 64.0 Å². The zero-order valence-corrected chi connectivity index (χ0v) is 24.2. The standard InChI is InChI=1S/C35H43NO4/c1-4-32(26-10-6-5-7-11-26)34(28-15-19-31(20-16-28)40-33-12-8-9-25-39-33)27-13-17-30(18-14-27)36-23-21-29(22-24-36)35(37-2)38-3/h5-7,10-11,13-20,29,33,35H,4,8-9,12,21-25H2,1-3H3/t33-/m0/s1. The third kappa shape index (κ3) is 6.77. The summed E-state index contributed by atoms with van der Waals surface area (Å²) in [6, 6.07) is 28.4. The smallest absolute Gasteiger partial charge is 0.199 e. The van der Waals surface area contributed by atoms with Gasteiger partial charge >= 0.3 is 0 Å². The number of hydrogen-bond donors (Lipinski definition) is 0. The second kappa shape index (κ2) is 14.0. The normalized spacial score (nSPS) is 19.0. The van der Waals surface area contributed by atoms with Crippen molar-refractivity contribution in [1.29, 1.82) is 0 Å². The predicted octanol–water partition coefficient (Wildman–Crippen LogP) is 7.80. The number of allylic oxidation sites excluding steroid dienone is 1. The first-order valence-electron chi connectivity index (χ1n) is 14.8. The van der Waals surface area contributed by atoms with Crippen molar-refractivity contribution in [3.8, 4) is 5.75 Å². The number of piperidine rings is 1. The molecule has 5 rings (SSSR count). The lowest BCUT2D eigenvalue weighted by Crippen LogP contribution is -2.39. The molecule has 1 atom stereocenters. The minimum atomic E-state index is -0.141. The van der Waals surface area contributed by atoms with Gasteiger partial charge in [-0.3, -0.25) is 0 Å². The summed E-state index contributed by atoms with van der Waals surface area (Å²) >= 11 is 0. The Balaban J connectivity index is 1.40. The number of nitrogens with zero attached hydrogens (tertiary/aromatic N) is 1. The highest BCUT2D eigenvalue weighted by molar-refractivity contribution is 5.98. The summed E-state index contributed by atoms with van der Waals surface area (Å²) in [5.41, 5.74) is 7.54. The van der Waals surface area contributed by atoms with Gasteiger partial charge in [-0.2, -0.15) is 0 Å². The molecule has 0 unspecified atom stereocenters. The van der Waals surface area contributed by atoms with Gasteiger partial charge in [0.05, 0.1) is 6.61 Å². The van der Waals surface area contributed by atoms with Crippen molar-refractivity contribution >= 4 is 16.8 Å². The fraction of sp³-hybridized carbons (Fsp3) is 0.429. The van der Waals surface area contributed by atoms with E-state index in [2.05, 4.69) is 90.7 Å². The molecule has 2 aliphatic heterocycles. The number of ether oxygens (including phenoxy) is 4. The Kier molecular flexibility index (Phi) is 9.93. The fourth-order valence-electron chi connectivity index (χ4n) is 6.09. The van der Waals surface area contributed by atoms with Crippen molar-refractivity contribution in [2.75, 3.05) is 38.8 Å².